The summed E-state index contributed by atoms with van der Waals surface area (Å²) in [6.07, 6.45) is -3.22. The fourth-order valence-corrected chi connectivity index (χ4v) is 2.56. The van der Waals surface area contributed by atoms with Gasteiger partial charge in [0.05, 0.1) is 5.69 Å². The first-order chi connectivity index (χ1) is 11.8. The van der Waals surface area contributed by atoms with Crippen molar-refractivity contribution >= 4 is 28.9 Å². The third kappa shape index (κ3) is 3.58. The second kappa shape index (κ2) is 6.14. The van der Waals surface area contributed by atoms with Gasteiger partial charge in [0.15, 0.2) is 0 Å². The Morgan fingerprint density at radius 2 is 1.96 bits per heavy atom. The highest BCUT2D eigenvalue weighted by Gasteiger charge is 2.32. The van der Waals surface area contributed by atoms with Crippen molar-refractivity contribution in [1.29, 1.82) is 0 Å². The number of nitrogen functional groups attached to an aromatic ring is 1. The second-order valence-electron chi connectivity index (χ2n) is 5.49. The van der Waals surface area contributed by atoms with Gasteiger partial charge < -0.3 is 15.5 Å². The molecule has 2 aromatic rings. The molecule has 0 aromatic heterocycles. The van der Waals surface area contributed by atoms with Gasteiger partial charge in [-0.05, 0) is 48.4 Å². The molecule has 4 N–H and O–H groups in total. The minimum absolute atomic E-state index is 0.245. The van der Waals surface area contributed by atoms with E-state index < -0.39 is 12.3 Å². The lowest BCUT2D eigenvalue weighted by atomic mass is 10.0. The first-order valence-electron chi connectivity index (χ1n) is 7.27. The molecule has 0 bridgehead atoms. The van der Waals surface area contributed by atoms with Crippen LogP contribution in [0.5, 0.6) is 5.75 Å². The average Bonchev–Trinajstić information content (AvgIpc) is 2.83. The largest absolute Gasteiger partial charge is 0.573 e. The summed E-state index contributed by atoms with van der Waals surface area (Å²) >= 11 is 0. The van der Waals surface area contributed by atoms with Gasteiger partial charge in [-0.2, -0.15) is 0 Å². The molecular weight excluding hydrogens is 335 g/mol. The van der Waals surface area contributed by atoms with Gasteiger partial charge >= 0.3 is 6.36 Å². The zero-order valence-electron chi connectivity index (χ0n) is 13.1. The highest BCUT2D eigenvalue weighted by atomic mass is 19.4. The molecule has 1 amide bonds. The molecule has 130 valence electrons. The first-order valence-corrected chi connectivity index (χ1v) is 7.27. The molecule has 0 unspecified atom stereocenters. The quantitative estimate of drug-likeness (QED) is 0.449. The molecule has 25 heavy (non-hydrogen) atoms. The molecule has 1 aliphatic heterocycles. The van der Waals surface area contributed by atoms with Crippen LogP contribution in [0.25, 0.3) is 11.6 Å². The molecule has 2 aromatic carbocycles. The average molecular weight is 349 g/mol. The molecule has 0 saturated carbocycles. The summed E-state index contributed by atoms with van der Waals surface area (Å²) in [5.41, 5.74) is 5.84. The molecule has 5 nitrogen and oxygen atoms in total. The lowest BCUT2D eigenvalue weighted by molar-refractivity contribution is -0.274. The van der Waals surface area contributed by atoms with Crippen molar-refractivity contribution in [3.05, 3.63) is 53.1 Å². The van der Waals surface area contributed by atoms with E-state index in [4.69, 9.17) is 5.84 Å². The number of aryl methyl sites for hydroxylation is 1. The standard InChI is InChI=1S/C17H14F3N3O2/c1-9-2-3-10(7-15(9)23-21)6-13-12-8-11(25-17(18,19)20)4-5-14(12)22-16(13)24/h2-8,23H,21H2,1H3,(H,22,24)/b13-6+. The Hall–Kier alpha value is -3.00. The maximum atomic E-state index is 12.4. The topological polar surface area (TPSA) is 76.4 Å². The number of rotatable bonds is 3. The number of carbonyl (C=O) groups is 1. The van der Waals surface area contributed by atoms with Crippen LogP contribution in [-0.2, 0) is 4.79 Å². The molecule has 1 heterocycles. The van der Waals surface area contributed by atoms with Gasteiger partial charge in [-0.3, -0.25) is 10.6 Å². The molecule has 3 rings (SSSR count). The van der Waals surface area contributed by atoms with Crippen molar-refractivity contribution in [3.63, 3.8) is 0 Å². The van der Waals surface area contributed by atoms with E-state index in [0.717, 1.165) is 11.6 Å². The molecule has 8 heteroatoms. The number of fused-ring (bicyclic) bond motifs is 1. The molecule has 0 aliphatic carbocycles. The second-order valence-corrected chi connectivity index (χ2v) is 5.49. The Bertz CT molecular complexity index is 876. The zero-order valence-corrected chi connectivity index (χ0v) is 13.1. The first kappa shape index (κ1) is 16.8. The highest BCUT2D eigenvalue weighted by molar-refractivity contribution is 6.35. The highest BCUT2D eigenvalue weighted by Crippen LogP contribution is 2.37. The number of hydrazine groups is 1. The molecule has 0 saturated heterocycles. The molecule has 0 radical (unpaired) electrons. The van der Waals surface area contributed by atoms with Crippen LogP contribution < -0.4 is 21.3 Å². The summed E-state index contributed by atoms with van der Waals surface area (Å²) in [5.74, 6) is 4.65. The van der Waals surface area contributed by atoms with Crippen LogP contribution in [0.1, 0.15) is 16.7 Å². The Kier molecular flexibility index (Phi) is 4.13. The molecule has 0 spiro atoms. The maximum Gasteiger partial charge on any atom is 0.573 e. The van der Waals surface area contributed by atoms with Crippen LogP contribution in [0, 0.1) is 6.92 Å². The Balaban J connectivity index is 2.01. The SMILES string of the molecule is Cc1ccc(/C=C2/C(=O)Nc3ccc(OC(F)(F)F)cc32)cc1NN. The van der Waals surface area contributed by atoms with Gasteiger partial charge in [0.1, 0.15) is 5.75 Å². The predicted octanol–water partition coefficient (Wildman–Crippen LogP) is 3.67. The Morgan fingerprint density at radius 1 is 1.20 bits per heavy atom. The number of carbonyl (C=O) groups excluding carboxylic acids is 1. The molecule has 0 atom stereocenters. The van der Waals surface area contributed by atoms with Crippen molar-refractivity contribution < 1.29 is 22.7 Å². The van der Waals surface area contributed by atoms with E-state index in [9.17, 15) is 18.0 Å². The number of nitrogens with two attached hydrogens (primary N) is 1. The van der Waals surface area contributed by atoms with E-state index in [2.05, 4.69) is 15.5 Å². The summed E-state index contributed by atoms with van der Waals surface area (Å²) in [5, 5.41) is 2.61. The summed E-state index contributed by atoms with van der Waals surface area (Å²) in [6.45, 7) is 1.87. The lowest BCUT2D eigenvalue weighted by Crippen LogP contribution is -2.17. The van der Waals surface area contributed by atoms with Crippen LogP contribution in [-0.4, -0.2) is 12.3 Å². The van der Waals surface area contributed by atoms with E-state index in [-0.39, 0.29) is 11.3 Å². The van der Waals surface area contributed by atoms with Gasteiger partial charge in [-0.1, -0.05) is 12.1 Å². The number of anilines is 2. The predicted molar refractivity (Wildman–Crippen MR) is 88.6 cm³/mol. The van der Waals surface area contributed by atoms with E-state index in [0.29, 0.717) is 22.5 Å². The number of hydrogen-bond acceptors (Lipinski definition) is 4. The van der Waals surface area contributed by atoms with Gasteiger partial charge in [-0.25, -0.2) is 0 Å². The van der Waals surface area contributed by atoms with Gasteiger partial charge in [0.2, 0.25) is 0 Å². The van der Waals surface area contributed by atoms with E-state index in [1.54, 1.807) is 18.2 Å². The molecular formula is C17H14F3N3O2. The third-order valence-electron chi connectivity index (χ3n) is 3.74. The number of halogens is 3. The third-order valence-corrected chi connectivity index (χ3v) is 3.74. The zero-order chi connectivity index (χ0) is 18.2. The monoisotopic (exact) mass is 349 g/mol. The van der Waals surface area contributed by atoms with Gasteiger partial charge in [0.25, 0.3) is 5.91 Å². The number of ether oxygens (including phenoxy) is 1. The molecule has 0 fully saturated rings. The van der Waals surface area contributed by atoms with Crippen molar-refractivity contribution in [2.45, 2.75) is 13.3 Å². The summed E-state index contributed by atoms with van der Waals surface area (Å²) in [7, 11) is 0. The van der Waals surface area contributed by atoms with Crippen LogP contribution >= 0.6 is 0 Å². The summed E-state index contributed by atoms with van der Waals surface area (Å²) in [6, 6.07) is 9.05. The van der Waals surface area contributed by atoms with Crippen molar-refractivity contribution in [2.24, 2.45) is 5.84 Å². The lowest BCUT2D eigenvalue weighted by Gasteiger charge is -2.10. The molecule has 1 aliphatic rings. The normalized spacial score (nSPS) is 15.1. The number of nitrogens with one attached hydrogen (secondary N) is 2. The van der Waals surface area contributed by atoms with Gasteiger partial charge in [-0.15, -0.1) is 13.2 Å². The minimum Gasteiger partial charge on any atom is -0.406 e. The van der Waals surface area contributed by atoms with E-state index in [1.807, 2.05) is 13.0 Å². The van der Waals surface area contributed by atoms with E-state index in [1.165, 1.54) is 12.1 Å². The summed E-state index contributed by atoms with van der Waals surface area (Å²) < 4.78 is 41.1. The Labute approximate surface area is 141 Å². The number of amides is 1. The number of hydrogen-bond donors (Lipinski definition) is 3. The van der Waals surface area contributed by atoms with Crippen molar-refractivity contribution in [3.8, 4) is 5.75 Å². The van der Waals surface area contributed by atoms with Crippen molar-refractivity contribution in [2.75, 3.05) is 10.7 Å². The number of alkyl halides is 3. The van der Waals surface area contributed by atoms with Crippen LogP contribution in [0.3, 0.4) is 0 Å². The van der Waals surface area contributed by atoms with Crippen LogP contribution in [0.2, 0.25) is 0 Å². The Morgan fingerprint density at radius 3 is 2.64 bits per heavy atom. The number of benzene rings is 2. The summed E-state index contributed by atoms with van der Waals surface area (Å²) in [4.78, 5) is 12.2. The smallest absolute Gasteiger partial charge is 0.406 e. The van der Waals surface area contributed by atoms with Crippen molar-refractivity contribution in [1.82, 2.24) is 0 Å². The van der Waals surface area contributed by atoms with Gasteiger partial charge in [0, 0.05) is 16.8 Å². The van der Waals surface area contributed by atoms with E-state index >= 15 is 0 Å². The van der Waals surface area contributed by atoms with Crippen LogP contribution in [0.4, 0.5) is 24.5 Å². The van der Waals surface area contributed by atoms with Crippen LogP contribution in [0.15, 0.2) is 36.4 Å². The fraction of sp³-hybridized carbons (Fsp3) is 0.118. The fourth-order valence-electron chi connectivity index (χ4n) is 2.56. The maximum absolute atomic E-state index is 12.4. The minimum atomic E-state index is -4.80.